The second-order valence-electron chi connectivity index (χ2n) is 9.11. The molecule has 0 radical (unpaired) electrons. The molecule has 6 heteroatoms. The Morgan fingerprint density at radius 1 is 1.10 bits per heavy atom. The normalized spacial score (nSPS) is 22.8. The molecule has 4 rings (SSSR count). The van der Waals surface area contributed by atoms with Gasteiger partial charge >= 0.3 is 6.09 Å². The van der Waals surface area contributed by atoms with Gasteiger partial charge in [-0.15, -0.1) is 0 Å². The van der Waals surface area contributed by atoms with E-state index in [-0.39, 0.29) is 12.1 Å². The predicted octanol–water partition coefficient (Wildman–Crippen LogP) is 4.65. The second kappa shape index (κ2) is 8.54. The molecule has 3 atom stereocenters. The van der Waals surface area contributed by atoms with Gasteiger partial charge in [0.2, 0.25) is 0 Å². The Balaban J connectivity index is 1.25. The summed E-state index contributed by atoms with van der Waals surface area (Å²) in [6, 6.07) is 12.0. The Morgan fingerprint density at radius 3 is 2.57 bits per heavy atom. The molecule has 30 heavy (non-hydrogen) atoms. The third-order valence-corrected chi connectivity index (χ3v) is 5.51. The lowest BCUT2D eigenvalue weighted by atomic mass is 10.1. The number of pyridine rings is 1. The third kappa shape index (κ3) is 5.23. The molecule has 1 saturated heterocycles. The zero-order valence-corrected chi connectivity index (χ0v) is 17.9. The fraction of sp³-hybridized carbons (Fsp3) is 0.500. The number of likely N-dealkylation sites (tertiary alicyclic amines) is 1. The lowest BCUT2D eigenvalue weighted by Gasteiger charge is -2.40. The van der Waals surface area contributed by atoms with Gasteiger partial charge in [0.25, 0.3) is 0 Å². The summed E-state index contributed by atoms with van der Waals surface area (Å²) in [7, 11) is 0. The molecule has 2 aliphatic rings. The van der Waals surface area contributed by atoms with Crippen LogP contribution in [0.4, 0.5) is 4.79 Å². The SMILES string of the molecule is CC(C)(C)OC(=O)N1CC[C@H]1COc1cncc([C@H]2C[C@H]2COc2ccccc2)c1. The highest BCUT2D eigenvalue weighted by molar-refractivity contribution is 5.69. The highest BCUT2D eigenvalue weighted by atomic mass is 16.6. The zero-order valence-electron chi connectivity index (χ0n) is 17.9. The van der Waals surface area contributed by atoms with Gasteiger partial charge in [0.05, 0.1) is 18.8 Å². The average molecular weight is 411 g/mol. The minimum atomic E-state index is -0.485. The number of carbonyl (C=O) groups is 1. The summed E-state index contributed by atoms with van der Waals surface area (Å²) in [5.41, 5.74) is 0.702. The first kappa shape index (κ1) is 20.5. The Labute approximate surface area is 178 Å². The maximum atomic E-state index is 12.2. The van der Waals surface area contributed by atoms with Crippen molar-refractivity contribution in [2.75, 3.05) is 19.8 Å². The molecule has 0 unspecified atom stereocenters. The van der Waals surface area contributed by atoms with Crippen molar-refractivity contribution in [1.29, 1.82) is 0 Å². The van der Waals surface area contributed by atoms with Gasteiger partial charge in [-0.25, -0.2) is 4.79 Å². The quantitative estimate of drug-likeness (QED) is 0.665. The van der Waals surface area contributed by atoms with Gasteiger partial charge in [-0.2, -0.15) is 0 Å². The lowest BCUT2D eigenvalue weighted by Crippen LogP contribution is -2.55. The lowest BCUT2D eigenvalue weighted by molar-refractivity contribution is -0.0141. The molecule has 1 aromatic heterocycles. The van der Waals surface area contributed by atoms with Gasteiger partial charge in [0, 0.05) is 18.7 Å². The molecular formula is C24H30N2O4. The van der Waals surface area contributed by atoms with E-state index >= 15 is 0 Å². The van der Waals surface area contributed by atoms with Gasteiger partial charge < -0.3 is 19.1 Å². The monoisotopic (exact) mass is 410 g/mol. The van der Waals surface area contributed by atoms with Crippen LogP contribution < -0.4 is 9.47 Å². The second-order valence-corrected chi connectivity index (χ2v) is 9.11. The molecule has 2 heterocycles. The maximum Gasteiger partial charge on any atom is 0.410 e. The van der Waals surface area contributed by atoms with Crippen molar-refractivity contribution in [3.05, 3.63) is 54.4 Å². The van der Waals surface area contributed by atoms with Crippen molar-refractivity contribution in [3.8, 4) is 11.5 Å². The van der Waals surface area contributed by atoms with E-state index in [2.05, 4.69) is 11.1 Å². The molecule has 0 spiro atoms. The average Bonchev–Trinajstić information content (AvgIpc) is 3.45. The number of aromatic nitrogens is 1. The van der Waals surface area contributed by atoms with E-state index in [1.165, 1.54) is 5.56 Å². The highest BCUT2D eigenvalue weighted by Gasteiger charge is 2.39. The van der Waals surface area contributed by atoms with Crippen LogP contribution in [0.15, 0.2) is 48.8 Å². The van der Waals surface area contributed by atoms with Gasteiger partial charge in [0.1, 0.15) is 23.7 Å². The fourth-order valence-electron chi connectivity index (χ4n) is 3.64. The van der Waals surface area contributed by atoms with Crippen LogP contribution in [0.1, 0.15) is 45.1 Å². The maximum absolute atomic E-state index is 12.2. The number of ether oxygens (including phenoxy) is 3. The first-order chi connectivity index (χ1) is 14.4. The number of hydrogen-bond donors (Lipinski definition) is 0. The van der Waals surface area contributed by atoms with Gasteiger partial charge in [-0.3, -0.25) is 4.98 Å². The van der Waals surface area contributed by atoms with Crippen LogP contribution in [0.2, 0.25) is 0 Å². The van der Waals surface area contributed by atoms with E-state index in [9.17, 15) is 4.79 Å². The molecule has 1 aliphatic heterocycles. The van der Waals surface area contributed by atoms with E-state index in [1.807, 2.05) is 57.3 Å². The van der Waals surface area contributed by atoms with Crippen molar-refractivity contribution < 1.29 is 19.0 Å². The molecule has 160 valence electrons. The minimum absolute atomic E-state index is 0.0523. The highest BCUT2D eigenvalue weighted by Crippen LogP contribution is 2.48. The summed E-state index contributed by atoms with van der Waals surface area (Å²) in [5.74, 6) is 2.63. The summed E-state index contributed by atoms with van der Waals surface area (Å²) < 4.78 is 17.3. The number of amides is 1. The van der Waals surface area contributed by atoms with Crippen LogP contribution in [0.25, 0.3) is 0 Å². The fourth-order valence-corrected chi connectivity index (χ4v) is 3.64. The Kier molecular flexibility index (Phi) is 5.84. The van der Waals surface area contributed by atoms with Gasteiger partial charge in [-0.1, -0.05) is 18.2 Å². The summed E-state index contributed by atoms with van der Waals surface area (Å²) in [4.78, 5) is 18.3. The molecule has 1 amide bonds. The first-order valence-electron chi connectivity index (χ1n) is 10.6. The molecule has 0 bridgehead atoms. The Bertz CT molecular complexity index is 865. The zero-order chi connectivity index (χ0) is 21.1. The predicted molar refractivity (Wildman–Crippen MR) is 114 cm³/mol. The number of benzene rings is 1. The van der Waals surface area contributed by atoms with Crippen LogP contribution in [0.5, 0.6) is 11.5 Å². The van der Waals surface area contributed by atoms with E-state index < -0.39 is 5.60 Å². The van der Waals surface area contributed by atoms with Crippen LogP contribution in [0, 0.1) is 5.92 Å². The third-order valence-electron chi connectivity index (χ3n) is 5.51. The first-order valence-corrected chi connectivity index (χ1v) is 10.6. The summed E-state index contributed by atoms with van der Waals surface area (Å²) in [6.45, 7) is 7.52. The number of nitrogens with zero attached hydrogens (tertiary/aromatic N) is 2. The van der Waals surface area contributed by atoms with E-state index in [1.54, 1.807) is 11.1 Å². The topological polar surface area (TPSA) is 60.9 Å². The number of hydrogen-bond acceptors (Lipinski definition) is 5. The van der Waals surface area contributed by atoms with E-state index in [0.717, 1.165) is 24.3 Å². The Morgan fingerprint density at radius 2 is 1.87 bits per heavy atom. The minimum Gasteiger partial charge on any atom is -0.493 e. The smallest absolute Gasteiger partial charge is 0.410 e. The van der Waals surface area contributed by atoms with Crippen LogP contribution in [-0.2, 0) is 4.74 Å². The van der Waals surface area contributed by atoms with Crippen LogP contribution in [-0.4, -0.2) is 47.4 Å². The molecule has 1 saturated carbocycles. The van der Waals surface area contributed by atoms with Crippen LogP contribution >= 0.6 is 0 Å². The number of rotatable bonds is 7. The van der Waals surface area contributed by atoms with E-state index in [0.29, 0.717) is 31.6 Å². The molecule has 2 fully saturated rings. The molecule has 1 aromatic carbocycles. The van der Waals surface area contributed by atoms with Crippen molar-refractivity contribution >= 4 is 6.09 Å². The standard InChI is InChI=1S/C24H30N2O4/c1-24(2,3)30-23(27)26-10-9-19(26)16-29-21-11-17(13-25-14-21)22-12-18(22)15-28-20-7-5-4-6-8-20/h4-8,11,13-14,18-19,22H,9-10,12,15-16H2,1-3H3/t18-,19-,22+/m0/s1. The van der Waals surface area contributed by atoms with Gasteiger partial charge in [0.15, 0.2) is 0 Å². The number of para-hydroxylation sites is 1. The number of carbonyl (C=O) groups excluding carboxylic acids is 1. The van der Waals surface area contributed by atoms with E-state index in [4.69, 9.17) is 14.2 Å². The van der Waals surface area contributed by atoms with Crippen molar-refractivity contribution in [3.63, 3.8) is 0 Å². The van der Waals surface area contributed by atoms with Crippen LogP contribution in [0.3, 0.4) is 0 Å². The van der Waals surface area contributed by atoms with Crippen molar-refractivity contribution in [1.82, 2.24) is 9.88 Å². The molecule has 2 aromatic rings. The Hall–Kier alpha value is -2.76. The molecular weight excluding hydrogens is 380 g/mol. The molecule has 0 N–H and O–H groups in total. The summed E-state index contributed by atoms with van der Waals surface area (Å²) in [5, 5.41) is 0. The van der Waals surface area contributed by atoms with Crippen molar-refractivity contribution in [2.45, 2.75) is 51.2 Å². The molecule has 1 aliphatic carbocycles. The van der Waals surface area contributed by atoms with Crippen molar-refractivity contribution in [2.24, 2.45) is 5.92 Å². The van der Waals surface area contributed by atoms with Gasteiger partial charge in [-0.05, 0) is 63.3 Å². The largest absolute Gasteiger partial charge is 0.493 e. The molecule has 6 nitrogen and oxygen atoms in total. The summed E-state index contributed by atoms with van der Waals surface area (Å²) >= 11 is 0. The summed E-state index contributed by atoms with van der Waals surface area (Å²) in [6.07, 6.45) is 5.41.